The second-order valence-corrected chi connectivity index (χ2v) is 6.48. The van der Waals surface area contributed by atoms with Crippen LogP contribution in [-0.4, -0.2) is 21.4 Å². The lowest BCUT2D eigenvalue weighted by molar-refractivity contribution is 0.278. The molecule has 2 aromatic rings. The average molecular weight is 282 g/mol. The number of aromatic nitrogens is 1. The number of benzene rings is 1. The van der Waals surface area contributed by atoms with Gasteiger partial charge in [0, 0.05) is 12.1 Å². The van der Waals surface area contributed by atoms with E-state index in [1.807, 2.05) is 23.7 Å². The maximum atomic E-state index is 4.32. The molecule has 0 spiro atoms. The number of rotatable bonds is 2. The summed E-state index contributed by atoms with van der Waals surface area (Å²) in [5.41, 5.74) is 3.17. The van der Waals surface area contributed by atoms with Gasteiger partial charge in [-0.2, -0.15) is 0 Å². The van der Waals surface area contributed by atoms with Crippen molar-refractivity contribution in [2.75, 3.05) is 6.54 Å². The molecule has 0 atom stereocenters. The molecule has 1 aromatic carbocycles. The Morgan fingerprint density at radius 1 is 1.28 bits per heavy atom. The quantitative estimate of drug-likeness (QED) is 0.808. The third-order valence-electron chi connectivity index (χ3n) is 2.45. The molecule has 0 fully saturated rings. The van der Waals surface area contributed by atoms with Gasteiger partial charge in [0.25, 0.3) is 0 Å². The molecule has 1 heterocycles. The van der Waals surface area contributed by atoms with E-state index >= 15 is 0 Å². The summed E-state index contributed by atoms with van der Waals surface area (Å²) in [6.07, 6.45) is 1.17. The Labute approximate surface area is 120 Å². The first-order chi connectivity index (χ1) is 8.45. The average Bonchev–Trinajstić information content (AvgIpc) is 2.77. The molecule has 0 N–H and O–H groups in total. The summed E-state index contributed by atoms with van der Waals surface area (Å²) in [5, 5.41) is 0. The standard InChI is InChI=1S/C7H5NS.C7H17NS/c1-2-4-7-6(3-1)8-5-9-7;1-5-6-8(9)7(2,3)4/h1-5H;9H,5-6H2,1-4H3. The summed E-state index contributed by atoms with van der Waals surface area (Å²) in [6, 6.07) is 8.13. The van der Waals surface area contributed by atoms with Crippen LogP contribution in [-0.2, 0) is 0 Å². The van der Waals surface area contributed by atoms with Crippen LogP contribution in [0.15, 0.2) is 29.8 Å². The Bertz CT molecular complexity index is 430. The van der Waals surface area contributed by atoms with Crippen LogP contribution < -0.4 is 0 Å². The van der Waals surface area contributed by atoms with Crippen molar-refractivity contribution < 1.29 is 0 Å². The minimum atomic E-state index is 0.207. The minimum Gasteiger partial charge on any atom is -0.248 e. The van der Waals surface area contributed by atoms with Crippen molar-refractivity contribution >= 4 is 34.4 Å². The molecule has 18 heavy (non-hydrogen) atoms. The van der Waals surface area contributed by atoms with Gasteiger partial charge in [0.05, 0.1) is 15.7 Å². The van der Waals surface area contributed by atoms with E-state index in [1.165, 1.54) is 11.1 Å². The van der Waals surface area contributed by atoms with Gasteiger partial charge in [0.2, 0.25) is 0 Å². The van der Waals surface area contributed by atoms with E-state index in [-0.39, 0.29) is 5.54 Å². The van der Waals surface area contributed by atoms with Crippen molar-refractivity contribution in [2.24, 2.45) is 0 Å². The zero-order chi connectivity index (χ0) is 13.6. The van der Waals surface area contributed by atoms with Crippen LogP contribution in [0.25, 0.3) is 10.2 Å². The van der Waals surface area contributed by atoms with Gasteiger partial charge in [0.1, 0.15) is 0 Å². The molecule has 0 amide bonds. The topological polar surface area (TPSA) is 16.1 Å². The molecule has 0 saturated heterocycles. The van der Waals surface area contributed by atoms with Gasteiger partial charge in [0.15, 0.2) is 0 Å². The largest absolute Gasteiger partial charge is 0.248 e. The zero-order valence-corrected chi connectivity index (χ0v) is 13.3. The fraction of sp³-hybridized carbons (Fsp3) is 0.500. The van der Waals surface area contributed by atoms with E-state index in [0.717, 1.165) is 12.1 Å². The highest BCUT2D eigenvalue weighted by Gasteiger charge is 2.15. The van der Waals surface area contributed by atoms with Gasteiger partial charge in [-0.05, 0) is 39.3 Å². The van der Waals surface area contributed by atoms with Crippen LogP contribution in [0.4, 0.5) is 0 Å². The van der Waals surface area contributed by atoms with E-state index in [9.17, 15) is 0 Å². The maximum absolute atomic E-state index is 4.32. The molecule has 0 aliphatic carbocycles. The number of para-hydroxylation sites is 1. The highest BCUT2D eigenvalue weighted by atomic mass is 32.1. The Morgan fingerprint density at radius 3 is 2.44 bits per heavy atom. The molecule has 0 unspecified atom stereocenters. The van der Waals surface area contributed by atoms with Gasteiger partial charge in [-0.15, -0.1) is 11.3 Å². The third-order valence-corrected chi connectivity index (χ3v) is 4.06. The van der Waals surface area contributed by atoms with Crippen LogP contribution in [0.5, 0.6) is 0 Å². The minimum absolute atomic E-state index is 0.207. The lowest BCUT2D eigenvalue weighted by atomic mass is 10.1. The Hall–Kier alpha value is -0.580. The molecular weight excluding hydrogens is 260 g/mol. The molecule has 2 nitrogen and oxygen atoms in total. The van der Waals surface area contributed by atoms with Gasteiger partial charge in [-0.25, -0.2) is 9.29 Å². The molecular formula is C14H22N2S2. The summed E-state index contributed by atoms with van der Waals surface area (Å²) >= 11 is 6.00. The summed E-state index contributed by atoms with van der Waals surface area (Å²) < 4.78 is 3.32. The molecule has 0 radical (unpaired) electrons. The number of fused-ring (bicyclic) bond motifs is 1. The highest BCUT2D eigenvalue weighted by Crippen LogP contribution is 2.15. The SMILES string of the molecule is CCCN(S)C(C)(C)C.c1ccc2scnc2c1. The molecule has 2 rings (SSSR count). The van der Waals surface area contributed by atoms with Crippen LogP contribution in [0.2, 0.25) is 0 Å². The van der Waals surface area contributed by atoms with Crippen LogP contribution in [0, 0.1) is 0 Å². The lowest BCUT2D eigenvalue weighted by Gasteiger charge is -2.29. The molecule has 0 bridgehead atoms. The van der Waals surface area contributed by atoms with Gasteiger partial charge in [-0.3, -0.25) is 0 Å². The number of hydrogen-bond acceptors (Lipinski definition) is 4. The zero-order valence-electron chi connectivity index (χ0n) is 11.6. The molecule has 0 saturated carbocycles. The van der Waals surface area contributed by atoms with Crippen LogP contribution >= 0.6 is 24.2 Å². The van der Waals surface area contributed by atoms with Crippen LogP contribution in [0.1, 0.15) is 34.1 Å². The summed E-state index contributed by atoms with van der Waals surface area (Å²) in [6.45, 7) is 9.71. The van der Waals surface area contributed by atoms with Gasteiger partial charge in [-0.1, -0.05) is 31.9 Å². The van der Waals surface area contributed by atoms with E-state index < -0.39 is 0 Å². The van der Waals surface area contributed by atoms with Crippen molar-refractivity contribution in [1.29, 1.82) is 0 Å². The van der Waals surface area contributed by atoms with Crippen LogP contribution in [0.3, 0.4) is 0 Å². The maximum Gasteiger partial charge on any atom is 0.0812 e. The third kappa shape index (κ3) is 4.96. The first-order valence-electron chi connectivity index (χ1n) is 6.20. The van der Waals surface area contributed by atoms with E-state index in [2.05, 4.69) is 55.9 Å². The van der Waals surface area contributed by atoms with E-state index in [0.29, 0.717) is 0 Å². The normalized spacial score (nSPS) is 11.4. The van der Waals surface area contributed by atoms with Gasteiger partial charge >= 0.3 is 0 Å². The Balaban J connectivity index is 0.000000180. The first-order valence-corrected chi connectivity index (χ1v) is 7.48. The summed E-state index contributed by atoms with van der Waals surface area (Å²) in [7, 11) is 0. The van der Waals surface area contributed by atoms with Crippen molar-refractivity contribution in [3.05, 3.63) is 29.8 Å². The summed E-state index contributed by atoms with van der Waals surface area (Å²) in [4.78, 5) is 4.14. The number of thiol groups is 1. The predicted octanol–water partition coefficient (Wildman–Crippen LogP) is 4.64. The Morgan fingerprint density at radius 2 is 1.94 bits per heavy atom. The van der Waals surface area contributed by atoms with Crippen molar-refractivity contribution in [2.45, 2.75) is 39.7 Å². The number of nitrogens with zero attached hydrogens (tertiary/aromatic N) is 2. The first kappa shape index (κ1) is 15.5. The molecule has 100 valence electrons. The molecule has 1 aromatic heterocycles. The molecule has 0 aliphatic rings. The highest BCUT2D eigenvalue weighted by molar-refractivity contribution is 7.77. The predicted molar refractivity (Wildman–Crippen MR) is 85.4 cm³/mol. The summed E-state index contributed by atoms with van der Waals surface area (Å²) in [5.74, 6) is 0. The van der Waals surface area contributed by atoms with E-state index in [1.54, 1.807) is 11.3 Å². The second kappa shape index (κ2) is 7.12. The fourth-order valence-electron chi connectivity index (χ4n) is 1.35. The van der Waals surface area contributed by atoms with Crippen molar-refractivity contribution in [1.82, 2.24) is 9.29 Å². The smallest absolute Gasteiger partial charge is 0.0812 e. The van der Waals surface area contributed by atoms with Crippen molar-refractivity contribution in [3.63, 3.8) is 0 Å². The number of thiazole rings is 1. The monoisotopic (exact) mass is 282 g/mol. The molecule has 4 heteroatoms. The second-order valence-electron chi connectivity index (χ2n) is 5.11. The fourth-order valence-corrected chi connectivity index (χ4v) is 2.23. The van der Waals surface area contributed by atoms with Gasteiger partial charge < -0.3 is 0 Å². The number of hydrogen-bond donors (Lipinski definition) is 1. The lowest BCUT2D eigenvalue weighted by Crippen LogP contribution is -2.34. The Kier molecular flexibility index (Phi) is 6.12. The van der Waals surface area contributed by atoms with E-state index in [4.69, 9.17) is 0 Å². The van der Waals surface area contributed by atoms with Crippen molar-refractivity contribution in [3.8, 4) is 0 Å². The molecule has 0 aliphatic heterocycles.